The zero-order valence-electron chi connectivity index (χ0n) is 54.4. The zero-order chi connectivity index (χ0) is 67.9. The van der Waals surface area contributed by atoms with Gasteiger partial charge in [0.15, 0.2) is 18.9 Å². The lowest BCUT2D eigenvalue weighted by molar-refractivity contribution is -0.403. The molecule has 2 amide bonds. The molecule has 4 rings (SSSR count). The number of carbonyl (C=O) groups excluding carboxylic acids is 3. The molecule has 0 saturated carbocycles. The smallest absolute Gasteiger partial charge is 0.364 e. The number of ether oxygens (including phenoxy) is 8. The van der Waals surface area contributed by atoms with Gasteiger partial charge in [-0.05, 0) is 26.2 Å². The molecule has 0 spiro atoms. The van der Waals surface area contributed by atoms with Gasteiger partial charge in [0, 0.05) is 32.1 Å². The van der Waals surface area contributed by atoms with Gasteiger partial charge >= 0.3 is 5.97 Å². The summed E-state index contributed by atoms with van der Waals surface area (Å²) in [6.45, 7) is 1.87. The van der Waals surface area contributed by atoms with E-state index in [0.717, 1.165) is 65.2 Å². The van der Waals surface area contributed by atoms with Crippen LogP contribution in [0.5, 0.6) is 0 Å². The van der Waals surface area contributed by atoms with Crippen molar-refractivity contribution in [1.29, 1.82) is 0 Å². The molecule has 0 aromatic rings. The van der Waals surface area contributed by atoms with Crippen LogP contribution < -0.4 is 10.6 Å². The Morgan fingerprint density at radius 3 is 1.63 bits per heavy atom. The van der Waals surface area contributed by atoms with Crippen molar-refractivity contribution in [3.8, 4) is 0 Å². The van der Waals surface area contributed by atoms with E-state index in [1.165, 1.54) is 83.5 Å². The van der Waals surface area contributed by atoms with E-state index in [1.807, 2.05) is 6.08 Å². The minimum absolute atomic E-state index is 0.163. The second-order valence-corrected chi connectivity index (χ2v) is 25.4. The number of carboxylic acid groups (broad SMARTS) is 1. The number of amides is 2. The predicted molar refractivity (Wildman–Crippen MR) is 328 cm³/mol. The van der Waals surface area contributed by atoms with Crippen LogP contribution in [0.3, 0.4) is 0 Å². The molecule has 0 aromatic carbocycles. The lowest BCUT2D eigenvalue weighted by atomic mass is 9.87. The molecule has 23 atom stereocenters. The minimum atomic E-state index is -3.26. The number of Topliss-reactive ketones (excluding diaryl/α,β-unsaturated/α-hetero) is 1. The number of aliphatic hydroxyl groups excluding tert-OH is 13. The maximum atomic E-state index is 13.6. The van der Waals surface area contributed by atoms with E-state index in [9.17, 15) is 90.7 Å². The largest absolute Gasteiger partial charge is 0.477 e. The Kier molecular flexibility index (Phi) is 38.3. The summed E-state index contributed by atoms with van der Waals surface area (Å²) >= 11 is 0. The van der Waals surface area contributed by atoms with E-state index in [2.05, 4.69) is 24.5 Å². The Labute approximate surface area is 541 Å². The molecule has 4 aliphatic heterocycles. The lowest BCUT2D eigenvalue weighted by Crippen LogP contribution is -2.71. The molecule has 0 aromatic heterocycles. The highest BCUT2D eigenvalue weighted by Crippen LogP contribution is 2.41. The van der Waals surface area contributed by atoms with E-state index < -0.39 is 204 Å². The third-order valence-corrected chi connectivity index (χ3v) is 17.8. The zero-order valence-corrected chi connectivity index (χ0v) is 54.4. The summed E-state index contributed by atoms with van der Waals surface area (Å²) in [5.74, 6) is -8.55. The number of carbonyl (C=O) groups is 4. The highest BCUT2D eigenvalue weighted by atomic mass is 16.8. The number of aliphatic carboxylic acids is 1. The summed E-state index contributed by atoms with van der Waals surface area (Å²) in [5.41, 5.74) is 0. The van der Waals surface area contributed by atoms with Crippen molar-refractivity contribution < 1.29 is 129 Å². The molecule has 4 saturated heterocycles. The summed E-state index contributed by atoms with van der Waals surface area (Å²) in [6, 6.07) is -2.78. The van der Waals surface area contributed by atoms with Crippen LogP contribution in [0.25, 0.3) is 0 Å². The van der Waals surface area contributed by atoms with Crippen LogP contribution in [0.15, 0.2) is 12.2 Å². The summed E-state index contributed by atoms with van der Waals surface area (Å²) in [6.07, 6.45) is -10.0. The highest BCUT2D eigenvalue weighted by Gasteiger charge is 2.61. The maximum absolute atomic E-state index is 13.6. The van der Waals surface area contributed by atoms with Crippen LogP contribution in [-0.4, -0.2) is 262 Å². The number of ketones is 1. The molecular formula is C64H114N2O26. The molecule has 28 heteroatoms. The van der Waals surface area contributed by atoms with Crippen LogP contribution in [0, 0.1) is 5.92 Å². The molecular weight excluding hydrogens is 1210 g/mol. The minimum Gasteiger partial charge on any atom is -0.477 e. The maximum Gasteiger partial charge on any atom is 0.364 e. The van der Waals surface area contributed by atoms with Crippen molar-refractivity contribution in [2.24, 2.45) is 5.92 Å². The first-order chi connectivity index (χ1) is 44.0. The van der Waals surface area contributed by atoms with E-state index in [4.69, 9.17) is 37.9 Å². The Bertz CT molecular complexity index is 2100. The molecule has 0 bridgehead atoms. The van der Waals surface area contributed by atoms with Gasteiger partial charge in [-0.2, -0.15) is 0 Å². The molecule has 4 aliphatic rings. The quantitative estimate of drug-likeness (QED) is 0.0294. The second-order valence-electron chi connectivity index (χ2n) is 25.4. The average Bonchev–Trinajstić information content (AvgIpc) is 0.757. The average molecular weight is 1330 g/mol. The molecule has 0 radical (unpaired) electrons. The first-order valence-corrected chi connectivity index (χ1v) is 33.8. The van der Waals surface area contributed by atoms with Crippen molar-refractivity contribution in [3.05, 3.63) is 12.2 Å². The van der Waals surface area contributed by atoms with Gasteiger partial charge in [-0.3, -0.25) is 9.59 Å². The Balaban J connectivity index is 1.58. The van der Waals surface area contributed by atoms with E-state index in [1.54, 1.807) is 6.08 Å². The number of carboxylic acids is 1. The SMILES string of the molecule is CCCCCCCCCCCCC/C=C/[C@@H](O)[C@H](CO[C@@H]1O[C@H](CO)[C@@H](O[C@@H]2O[C@H](CO)[C@H](O[C@@H]3O[C@H](CO)[C@H](O)[C@H](O)[C@H]3CC(C)=O)[C@H](O[C@]3(C(=O)O)C[C@H](O)[C@@H](NC(C)=O)C([C@H](O)[C@H](O)CO)O3)[C@H]2O)[C@H](O)[C@H]1O)NC(=O)CCCCCCCCCCCCC. The number of rotatable bonds is 46. The van der Waals surface area contributed by atoms with Gasteiger partial charge in [-0.1, -0.05) is 154 Å². The first-order valence-electron chi connectivity index (χ1n) is 33.8. The fourth-order valence-corrected chi connectivity index (χ4v) is 12.4. The molecule has 1 unspecified atom stereocenters. The van der Waals surface area contributed by atoms with Crippen LogP contribution in [0.2, 0.25) is 0 Å². The van der Waals surface area contributed by atoms with Crippen LogP contribution in [0.4, 0.5) is 0 Å². The number of unbranched alkanes of at least 4 members (excludes halogenated alkanes) is 21. The third kappa shape index (κ3) is 25.4. The third-order valence-electron chi connectivity index (χ3n) is 17.8. The summed E-state index contributed by atoms with van der Waals surface area (Å²) in [4.78, 5) is 51.9. The van der Waals surface area contributed by atoms with E-state index >= 15 is 0 Å². The fourth-order valence-electron chi connectivity index (χ4n) is 12.4. The molecule has 0 aliphatic carbocycles. The van der Waals surface area contributed by atoms with Gasteiger partial charge in [0.25, 0.3) is 5.79 Å². The molecule has 28 nitrogen and oxygen atoms in total. The van der Waals surface area contributed by atoms with Crippen LogP contribution in [-0.2, 0) is 57.1 Å². The number of allylic oxidation sites excluding steroid dienone is 1. The Morgan fingerprint density at radius 1 is 0.598 bits per heavy atom. The predicted octanol–water partition coefficient (Wildman–Crippen LogP) is 0.664. The standard InChI is InChI=1S/C64H114N2O26/c1-5-7-9-11-13-15-17-18-20-21-23-25-27-29-42(73)41(66-48(76)30-28-26-24-22-19-16-14-12-10-8-6-2)37-85-61-54(81)53(80)56(46(35-69)87-61)89-62-55(82)59(57(47(36-70)88-62)90-60-40(31-38(3)71)50(77)52(79)45(34-68)86-60)92-64(63(83)84)32-43(74)49(65-39(4)72)58(91-64)51(78)44(75)33-67/h27,29,40-47,49-62,67-70,73-75,77-82H,5-26,28,30-37H2,1-4H3,(H,65,72)(H,66,76)(H,83,84)/b29-27+/t40-,41+,42-,43+,44-,45-,46-,47-,49-,50-,51-,52+,53-,54-,55-,56-,57+,58?,59-,60+,61-,62+,64+/m1/s1. The monoisotopic (exact) mass is 1330 g/mol. The molecule has 92 heavy (non-hydrogen) atoms. The molecule has 4 heterocycles. The number of aliphatic hydroxyl groups is 13. The van der Waals surface area contributed by atoms with Gasteiger partial charge in [-0.25, -0.2) is 4.79 Å². The highest BCUT2D eigenvalue weighted by molar-refractivity contribution is 5.77. The summed E-state index contributed by atoms with van der Waals surface area (Å²) in [5, 5.41) is 160. The number of hydrogen-bond donors (Lipinski definition) is 16. The number of hydrogen-bond acceptors (Lipinski definition) is 25. The second kappa shape index (κ2) is 43.3. The Hall–Kier alpha value is -3.02. The summed E-state index contributed by atoms with van der Waals surface area (Å²) in [7, 11) is 0. The van der Waals surface area contributed by atoms with Crippen LogP contribution in [0.1, 0.15) is 195 Å². The van der Waals surface area contributed by atoms with Crippen molar-refractivity contribution in [3.63, 3.8) is 0 Å². The van der Waals surface area contributed by atoms with Crippen molar-refractivity contribution in [1.82, 2.24) is 10.6 Å². The summed E-state index contributed by atoms with van der Waals surface area (Å²) < 4.78 is 48.0. The first kappa shape index (κ1) is 81.4. The Morgan fingerprint density at radius 2 is 1.11 bits per heavy atom. The topological polar surface area (TPSA) is 449 Å². The van der Waals surface area contributed by atoms with Crippen molar-refractivity contribution >= 4 is 23.6 Å². The van der Waals surface area contributed by atoms with Crippen molar-refractivity contribution in [2.75, 3.05) is 33.0 Å². The number of nitrogens with one attached hydrogen (secondary N) is 2. The van der Waals surface area contributed by atoms with Crippen LogP contribution >= 0.6 is 0 Å². The molecule has 4 fully saturated rings. The normalized spacial score (nSPS) is 33.3. The fraction of sp³-hybridized carbons (Fsp3) is 0.906. The van der Waals surface area contributed by atoms with Crippen molar-refractivity contribution in [2.45, 2.75) is 329 Å². The van der Waals surface area contributed by atoms with E-state index in [0.29, 0.717) is 12.8 Å². The van der Waals surface area contributed by atoms with Gasteiger partial charge in [0.1, 0.15) is 85.1 Å². The van der Waals surface area contributed by atoms with Gasteiger partial charge in [-0.15, -0.1) is 0 Å². The van der Waals surface area contributed by atoms with Gasteiger partial charge in [0.05, 0.1) is 63.4 Å². The molecule has 536 valence electrons. The van der Waals surface area contributed by atoms with E-state index in [-0.39, 0.29) is 12.3 Å². The molecule has 16 N–H and O–H groups in total. The lowest BCUT2D eigenvalue weighted by Gasteiger charge is -2.52. The van der Waals surface area contributed by atoms with Gasteiger partial charge in [0.2, 0.25) is 11.8 Å². The van der Waals surface area contributed by atoms with Gasteiger partial charge < -0.3 is 125 Å².